The zero-order chi connectivity index (χ0) is 13.0. The Morgan fingerprint density at radius 3 is 3.06 bits per heavy atom. The Balaban J connectivity index is 1.74. The van der Waals surface area contributed by atoms with Crippen molar-refractivity contribution in [2.45, 2.75) is 38.6 Å². The summed E-state index contributed by atoms with van der Waals surface area (Å²) >= 11 is 0. The van der Waals surface area contributed by atoms with Gasteiger partial charge in [0.15, 0.2) is 0 Å². The van der Waals surface area contributed by atoms with Crippen LogP contribution in [0.1, 0.15) is 32.6 Å². The van der Waals surface area contributed by atoms with Crippen molar-refractivity contribution in [2.24, 2.45) is 0 Å². The first kappa shape index (κ1) is 13.3. The number of fused-ring (bicyclic) bond motifs is 1. The monoisotopic (exact) mass is 254 g/mol. The number of carbonyl (C=O) groups is 2. The van der Waals surface area contributed by atoms with Gasteiger partial charge in [0, 0.05) is 51.7 Å². The third kappa shape index (κ3) is 3.02. The van der Waals surface area contributed by atoms with Crippen LogP contribution in [0.5, 0.6) is 0 Å². The molecule has 0 radical (unpaired) electrons. The molecule has 0 spiro atoms. The largest absolute Gasteiger partial charge is 0.382 e. The Morgan fingerprint density at radius 2 is 2.28 bits per heavy atom. The van der Waals surface area contributed by atoms with Gasteiger partial charge in [-0.25, -0.2) is 0 Å². The summed E-state index contributed by atoms with van der Waals surface area (Å²) in [5.74, 6) is 0.456. The van der Waals surface area contributed by atoms with Crippen molar-refractivity contribution in [1.29, 1.82) is 0 Å². The first-order valence-electron chi connectivity index (χ1n) is 6.87. The van der Waals surface area contributed by atoms with Crippen molar-refractivity contribution in [3.05, 3.63) is 0 Å². The highest BCUT2D eigenvalue weighted by atomic mass is 16.5. The number of rotatable bonds is 5. The molecular weight excluding hydrogens is 232 g/mol. The van der Waals surface area contributed by atoms with Crippen LogP contribution < -0.4 is 0 Å². The van der Waals surface area contributed by atoms with Crippen molar-refractivity contribution >= 4 is 11.8 Å². The second-order valence-corrected chi connectivity index (χ2v) is 4.92. The minimum Gasteiger partial charge on any atom is -0.382 e. The van der Waals surface area contributed by atoms with Gasteiger partial charge in [-0.1, -0.05) is 0 Å². The van der Waals surface area contributed by atoms with Crippen molar-refractivity contribution in [1.82, 2.24) is 9.80 Å². The van der Waals surface area contributed by atoms with E-state index in [9.17, 15) is 9.59 Å². The second kappa shape index (κ2) is 6.18. The van der Waals surface area contributed by atoms with Gasteiger partial charge in [-0.15, -0.1) is 0 Å². The number of hydrogen-bond acceptors (Lipinski definition) is 3. The van der Waals surface area contributed by atoms with Crippen molar-refractivity contribution in [3.63, 3.8) is 0 Å². The average molecular weight is 254 g/mol. The quantitative estimate of drug-likeness (QED) is 0.676. The lowest BCUT2D eigenvalue weighted by Gasteiger charge is -2.37. The van der Waals surface area contributed by atoms with Crippen LogP contribution in [0.3, 0.4) is 0 Å². The molecule has 2 aliphatic heterocycles. The normalized spacial score (nSPS) is 23.4. The summed E-state index contributed by atoms with van der Waals surface area (Å²) in [6, 6.07) is 0.266. The Morgan fingerprint density at radius 1 is 1.44 bits per heavy atom. The number of piperazine rings is 1. The molecule has 0 bridgehead atoms. The molecule has 102 valence electrons. The lowest BCUT2D eigenvalue weighted by atomic mass is 10.1. The third-order valence-electron chi connectivity index (χ3n) is 3.73. The van der Waals surface area contributed by atoms with Crippen LogP contribution in [0.15, 0.2) is 0 Å². The molecule has 0 aromatic rings. The molecule has 1 atom stereocenters. The summed E-state index contributed by atoms with van der Waals surface area (Å²) < 4.78 is 5.23. The van der Waals surface area contributed by atoms with Crippen LogP contribution >= 0.6 is 0 Å². The Bertz CT molecular complexity index is 319. The highest BCUT2D eigenvalue weighted by Crippen LogP contribution is 2.23. The van der Waals surface area contributed by atoms with Crippen molar-refractivity contribution in [2.75, 3.05) is 32.8 Å². The summed E-state index contributed by atoms with van der Waals surface area (Å²) in [5.41, 5.74) is 0. The predicted molar refractivity (Wildman–Crippen MR) is 67.0 cm³/mol. The summed E-state index contributed by atoms with van der Waals surface area (Å²) in [7, 11) is 0. The number of carbonyl (C=O) groups excluding carboxylic acids is 2. The average Bonchev–Trinajstić information content (AvgIpc) is 2.76. The molecule has 0 unspecified atom stereocenters. The van der Waals surface area contributed by atoms with Gasteiger partial charge in [-0.05, 0) is 19.8 Å². The molecule has 2 rings (SSSR count). The minimum atomic E-state index is 0.203. The lowest BCUT2D eigenvalue weighted by Crippen LogP contribution is -2.53. The Hall–Kier alpha value is -1.10. The molecule has 18 heavy (non-hydrogen) atoms. The van der Waals surface area contributed by atoms with Crippen LogP contribution in [0.25, 0.3) is 0 Å². The van der Waals surface area contributed by atoms with E-state index in [1.165, 1.54) is 0 Å². The Labute approximate surface area is 108 Å². The van der Waals surface area contributed by atoms with Gasteiger partial charge in [-0.2, -0.15) is 0 Å². The molecule has 2 saturated heterocycles. The van der Waals surface area contributed by atoms with Gasteiger partial charge >= 0.3 is 0 Å². The van der Waals surface area contributed by atoms with Gasteiger partial charge in [0.05, 0.1) is 0 Å². The van der Waals surface area contributed by atoms with E-state index in [-0.39, 0.29) is 17.9 Å². The van der Waals surface area contributed by atoms with E-state index in [0.29, 0.717) is 39.1 Å². The summed E-state index contributed by atoms with van der Waals surface area (Å²) in [6.07, 6.45) is 2.90. The van der Waals surface area contributed by atoms with Gasteiger partial charge in [0.25, 0.3) is 0 Å². The second-order valence-electron chi connectivity index (χ2n) is 4.92. The highest BCUT2D eigenvalue weighted by molar-refractivity contribution is 5.80. The zero-order valence-corrected chi connectivity index (χ0v) is 11.1. The maximum atomic E-state index is 12.0. The van der Waals surface area contributed by atoms with Crippen LogP contribution in [0, 0.1) is 0 Å². The summed E-state index contributed by atoms with van der Waals surface area (Å²) in [5, 5.41) is 0. The first-order chi connectivity index (χ1) is 8.72. The fourth-order valence-corrected chi connectivity index (χ4v) is 2.72. The third-order valence-corrected chi connectivity index (χ3v) is 3.73. The molecule has 2 amide bonds. The molecule has 5 nitrogen and oxygen atoms in total. The first-order valence-corrected chi connectivity index (χ1v) is 6.87. The number of amides is 2. The van der Waals surface area contributed by atoms with E-state index in [0.717, 1.165) is 19.4 Å². The molecule has 5 heteroatoms. The van der Waals surface area contributed by atoms with Crippen LogP contribution in [0.2, 0.25) is 0 Å². The minimum absolute atomic E-state index is 0.203. The molecule has 2 aliphatic rings. The molecule has 0 aliphatic carbocycles. The highest BCUT2D eigenvalue weighted by Gasteiger charge is 2.36. The smallest absolute Gasteiger partial charge is 0.223 e. The molecule has 2 fully saturated rings. The standard InChI is InChI=1S/C13H22N2O3/c1-2-18-9-3-4-12(16)14-7-8-15-11(10-14)5-6-13(15)17/h11H,2-10H2,1H3/t11-/m0/s1. The van der Waals surface area contributed by atoms with Gasteiger partial charge in [0.2, 0.25) is 11.8 Å². The topological polar surface area (TPSA) is 49.9 Å². The molecule has 0 aromatic heterocycles. The van der Waals surface area contributed by atoms with Crippen molar-refractivity contribution in [3.8, 4) is 0 Å². The van der Waals surface area contributed by atoms with Crippen LogP contribution in [-0.4, -0.2) is 60.5 Å². The molecule has 0 N–H and O–H groups in total. The van der Waals surface area contributed by atoms with E-state index in [4.69, 9.17) is 4.74 Å². The molecule has 0 saturated carbocycles. The van der Waals surface area contributed by atoms with Crippen molar-refractivity contribution < 1.29 is 14.3 Å². The van der Waals surface area contributed by atoms with E-state index >= 15 is 0 Å². The van der Waals surface area contributed by atoms with Gasteiger partial charge in [0.1, 0.15) is 0 Å². The lowest BCUT2D eigenvalue weighted by molar-refractivity contribution is -0.139. The van der Waals surface area contributed by atoms with Gasteiger partial charge in [-0.3, -0.25) is 9.59 Å². The SMILES string of the molecule is CCOCCCC(=O)N1CCN2C(=O)CC[C@H]2C1. The number of hydrogen-bond donors (Lipinski definition) is 0. The van der Waals surface area contributed by atoms with E-state index < -0.39 is 0 Å². The maximum absolute atomic E-state index is 12.0. The maximum Gasteiger partial charge on any atom is 0.223 e. The number of ether oxygens (including phenoxy) is 1. The van der Waals surface area contributed by atoms with E-state index in [1.807, 2.05) is 16.7 Å². The zero-order valence-electron chi connectivity index (χ0n) is 11.1. The molecule has 0 aromatic carbocycles. The predicted octanol–water partition coefficient (Wildman–Crippen LogP) is 0.636. The summed E-state index contributed by atoms with van der Waals surface area (Å²) in [6.45, 7) is 5.44. The van der Waals surface area contributed by atoms with Gasteiger partial charge < -0.3 is 14.5 Å². The summed E-state index contributed by atoms with van der Waals surface area (Å²) in [4.78, 5) is 27.4. The molecular formula is C13H22N2O3. The van der Waals surface area contributed by atoms with Crippen LogP contribution in [-0.2, 0) is 14.3 Å². The fourth-order valence-electron chi connectivity index (χ4n) is 2.72. The van der Waals surface area contributed by atoms with Crippen LogP contribution in [0.4, 0.5) is 0 Å². The number of nitrogens with zero attached hydrogens (tertiary/aromatic N) is 2. The van der Waals surface area contributed by atoms with E-state index in [1.54, 1.807) is 0 Å². The Kier molecular flexibility index (Phi) is 4.58. The fraction of sp³-hybridized carbons (Fsp3) is 0.846. The molecule has 2 heterocycles. The van der Waals surface area contributed by atoms with E-state index in [2.05, 4.69) is 0 Å².